The molecule has 0 radical (unpaired) electrons. The highest BCUT2D eigenvalue weighted by Gasteiger charge is 1.93. The Balaban J connectivity index is 0.000000605. The van der Waals surface area contributed by atoms with E-state index in [-0.39, 0.29) is 24.0 Å². The van der Waals surface area contributed by atoms with Crippen LogP contribution in [0.1, 0.15) is 5.69 Å². The lowest BCUT2D eigenvalue weighted by Gasteiger charge is -1.89. The van der Waals surface area contributed by atoms with Gasteiger partial charge in [-0.2, -0.15) is 10.1 Å². The van der Waals surface area contributed by atoms with E-state index in [1.54, 1.807) is 4.52 Å². The number of rotatable bonds is 0. The standard InChI is InChI=1S/C6H6N4.HI/c1-5-2-3-10-6(9-5)7-4-8-10;/h2-4H,1H3;1H. The molecule has 0 aliphatic rings. The van der Waals surface area contributed by atoms with Crippen molar-refractivity contribution < 1.29 is 0 Å². The fourth-order valence-corrected chi connectivity index (χ4v) is 0.803. The second kappa shape index (κ2) is 3.12. The third kappa shape index (κ3) is 1.47. The Morgan fingerprint density at radius 1 is 1.45 bits per heavy atom. The van der Waals surface area contributed by atoms with E-state index in [1.165, 1.54) is 6.33 Å². The van der Waals surface area contributed by atoms with Gasteiger partial charge in [-0.1, -0.05) is 0 Å². The maximum Gasteiger partial charge on any atom is 0.252 e. The van der Waals surface area contributed by atoms with Crippen LogP contribution >= 0.6 is 24.0 Å². The number of nitrogens with zero attached hydrogens (tertiary/aromatic N) is 4. The highest BCUT2D eigenvalue weighted by molar-refractivity contribution is 14.0. The van der Waals surface area contributed by atoms with E-state index in [0.717, 1.165) is 5.69 Å². The van der Waals surface area contributed by atoms with Gasteiger partial charge in [-0.3, -0.25) is 0 Å². The van der Waals surface area contributed by atoms with Crippen molar-refractivity contribution >= 4 is 29.8 Å². The van der Waals surface area contributed by atoms with Crippen molar-refractivity contribution in [1.82, 2.24) is 19.6 Å². The van der Waals surface area contributed by atoms with Crippen molar-refractivity contribution in [3.05, 3.63) is 24.3 Å². The predicted molar refractivity (Wildman–Crippen MR) is 50.9 cm³/mol. The fourth-order valence-electron chi connectivity index (χ4n) is 0.803. The van der Waals surface area contributed by atoms with E-state index in [9.17, 15) is 0 Å². The zero-order valence-electron chi connectivity index (χ0n) is 5.93. The Hall–Kier alpha value is -0.720. The number of hydrogen-bond acceptors (Lipinski definition) is 3. The minimum absolute atomic E-state index is 0. The molecule has 11 heavy (non-hydrogen) atoms. The summed E-state index contributed by atoms with van der Waals surface area (Å²) in [6.45, 7) is 1.93. The summed E-state index contributed by atoms with van der Waals surface area (Å²) in [7, 11) is 0. The van der Waals surface area contributed by atoms with E-state index >= 15 is 0 Å². The lowest BCUT2D eigenvalue weighted by Crippen LogP contribution is -1.90. The molecule has 58 valence electrons. The molecule has 0 saturated carbocycles. The summed E-state index contributed by atoms with van der Waals surface area (Å²) >= 11 is 0. The van der Waals surface area contributed by atoms with Crippen molar-refractivity contribution in [2.45, 2.75) is 6.92 Å². The number of hydrogen-bond donors (Lipinski definition) is 0. The maximum absolute atomic E-state index is 4.12. The molecular formula is C6H7IN4. The molecule has 5 heteroatoms. The molecule has 2 rings (SSSR count). The topological polar surface area (TPSA) is 43.1 Å². The Morgan fingerprint density at radius 3 is 3.09 bits per heavy atom. The molecule has 4 nitrogen and oxygen atoms in total. The Kier molecular flexibility index (Phi) is 2.38. The summed E-state index contributed by atoms with van der Waals surface area (Å²) in [4.78, 5) is 8.05. The number of aromatic nitrogens is 4. The van der Waals surface area contributed by atoms with Gasteiger partial charge in [0, 0.05) is 11.9 Å². The summed E-state index contributed by atoms with van der Waals surface area (Å²) in [5, 5.41) is 3.90. The van der Waals surface area contributed by atoms with Gasteiger partial charge >= 0.3 is 0 Å². The highest BCUT2D eigenvalue weighted by atomic mass is 127. The zero-order chi connectivity index (χ0) is 6.97. The Morgan fingerprint density at radius 2 is 2.27 bits per heavy atom. The van der Waals surface area contributed by atoms with Crippen molar-refractivity contribution in [3.63, 3.8) is 0 Å². The van der Waals surface area contributed by atoms with Crippen LogP contribution in [0.5, 0.6) is 0 Å². The van der Waals surface area contributed by atoms with E-state index in [4.69, 9.17) is 0 Å². The van der Waals surface area contributed by atoms with Crippen molar-refractivity contribution in [1.29, 1.82) is 0 Å². The first kappa shape index (κ1) is 8.38. The van der Waals surface area contributed by atoms with Gasteiger partial charge in [-0.25, -0.2) is 9.50 Å². The van der Waals surface area contributed by atoms with Crippen LogP contribution in [0, 0.1) is 6.92 Å². The molecule has 0 bridgehead atoms. The lowest BCUT2D eigenvalue weighted by atomic mass is 10.5. The largest absolute Gasteiger partial charge is 0.252 e. The van der Waals surface area contributed by atoms with Crippen LogP contribution in [0.15, 0.2) is 18.6 Å². The van der Waals surface area contributed by atoms with Crippen LogP contribution in [-0.4, -0.2) is 19.6 Å². The summed E-state index contributed by atoms with van der Waals surface area (Å²) in [5.74, 6) is 0.653. The molecule has 0 N–H and O–H groups in total. The van der Waals surface area contributed by atoms with Crippen LogP contribution in [0.2, 0.25) is 0 Å². The van der Waals surface area contributed by atoms with E-state index in [2.05, 4.69) is 15.1 Å². The molecule has 2 aromatic heterocycles. The minimum Gasteiger partial charge on any atom is -0.216 e. The van der Waals surface area contributed by atoms with Crippen molar-refractivity contribution in [2.75, 3.05) is 0 Å². The van der Waals surface area contributed by atoms with Crippen LogP contribution < -0.4 is 0 Å². The van der Waals surface area contributed by atoms with Gasteiger partial charge in [0.15, 0.2) is 0 Å². The predicted octanol–water partition coefficient (Wildman–Crippen LogP) is 1.05. The second-order valence-corrected chi connectivity index (χ2v) is 2.07. The van der Waals surface area contributed by atoms with Gasteiger partial charge in [0.25, 0.3) is 5.78 Å². The zero-order valence-corrected chi connectivity index (χ0v) is 8.26. The summed E-state index contributed by atoms with van der Waals surface area (Å²) in [6, 6.07) is 1.89. The van der Waals surface area contributed by atoms with Crippen LogP contribution in [0.4, 0.5) is 0 Å². The maximum atomic E-state index is 4.12. The minimum atomic E-state index is 0. The van der Waals surface area contributed by atoms with Gasteiger partial charge in [-0.15, -0.1) is 24.0 Å². The molecular weight excluding hydrogens is 255 g/mol. The molecule has 0 amide bonds. The van der Waals surface area contributed by atoms with Gasteiger partial charge in [0.05, 0.1) is 0 Å². The third-order valence-electron chi connectivity index (χ3n) is 1.29. The average molecular weight is 262 g/mol. The average Bonchev–Trinajstić information content (AvgIpc) is 2.33. The van der Waals surface area contributed by atoms with Crippen molar-refractivity contribution in [2.24, 2.45) is 0 Å². The number of halogens is 1. The van der Waals surface area contributed by atoms with E-state index < -0.39 is 0 Å². The molecule has 0 fully saturated rings. The van der Waals surface area contributed by atoms with Crippen LogP contribution in [0.3, 0.4) is 0 Å². The number of fused-ring (bicyclic) bond motifs is 1. The molecule has 2 heterocycles. The van der Waals surface area contributed by atoms with E-state index in [0.29, 0.717) is 5.78 Å². The highest BCUT2D eigenvalue weighted by Crippen LogP contribution is 1.94. The molecule has 0 aliphatic heterocycles. The summed E-state index contributed by atoms with van der Waals surface area (Å²) in [5.41, 5.74) is 0.959. The molecule has 0 atom stereocenters. The van der Waals surface area contributed by atoms with Crippen LogP contribution in [-0.2, 0) is 0 Å². The molecule has 0 unspecified atom stereocenters. The summed E-state index contributed by atoms with van der Waals surface area (Å²) < 4.78 is 1.63. The molecule has 0 saturated heterocycles. The van der Waals surface area contributed by atoms with Gasteiger partial charge in [0.1, 0.15) is 6.33 Å². The first-order valence-electron chi connectivity index (χ1n) is 2.99. The monoisotopic (exact) mass is 262 g/mol. The molecule has 0 spiro atoms. The SMILES string of the molecule is Cc1ccn2ncnc2n1.I. The van der Waals surface area contributed by atoms with Crippen molar-refractivity contribution in [3.8, 4) is 0 Å². The lowest BCUT2D eigenvalue weighted by molar-refractivity contribution is 0.929. The quantitative estimate of drug-likeness (QED) is 0.666. The fraction of sp³-hybridized carbons (Fsp3) is 0.167. The Labute approximate surface area is 80.7 Å². The number of aryl methyl sites for hydroxylation is 1. The molecule has 2 aromatic rings. The smallest absolute Gasteiger partial charge is 0.216 e. The first-order valence-corrected chi connectivity index (χ1v) is 2.99. The Bertz CT molecular complexity index is 356. The molecule has 0 aromatic carbocycles. The molecule has 0 aliphatic carbocycles. The summed E-state index contributed by atoms with van der Waals surface area (Å²) in [6.07, 6.45) is 3.33. The first-order chi connectivity index (χ1) is 4.86. The third-order valence-corrected chi connectivity index (χ3v) is 1.29. The second-order valence-electron chi connectivity index (χ2n) is 2.07. The normalized spacial score (nSPS) is 9.55. The van der Waals surface area contributed by atoms with E-state index in [1.807, 2.05) is 19.2 Å². The van der Waals surface area contributed by atoms with Gasteiger partial charge in [0.2, 0.25) is 0 Å². The van der Waals surface area contributed by atoms with Gasteiger partial charge in [-0.05, 0) is 13.0 Å². The van der Waals surface area contributed by atoms with Gasteiger partial charge < -0.3 is 0 Å². The van der Waals surface area contributed by atoms with Crippen LogP contribution in [0.25, 0.3) is 5.78 Å².